The summed E-state index contributed by atoms with van der Waals surface area (Å²) in [6.45, 7) is 1.73. The summed E-state index contributed by atoms with van der Waals surface area (Å²) in [5, 5.41) is 12.8. The number of H-pyrrole nitrogens is 1. The van der Waals surface area contributed by atoms with Crippen LogP contribution < -0.4 is 5.32 Å². The maximum absolute atomic E-state index is 13.5. The standard InChI is InChI=1S/C12H10FN3O3/c1-7-2-3-10(9(13)4-7)15-12(17)11-5-8(6-14-11)16(18)19/h2-6,14H,1H3,(H,15,17). The van der Waals surface area contributed by atoms with Crippen molar-refractivity contribution in [3.8, 4) is 0 Å². The number of aromatic nitrogens is 1. The maximum Gasteiger partial charge on any atom is 0.287 e. The predicted molar refractivity (Wildman–Crippen MR) is 66.5 cm³/mol. The second-order valence-electron chi connectivity index (χ2n) is 3.97. The first-order valence-corrected chi connectivity index (χ1v) is 5.37. The van der Waals surface area contributed by atoms with E-state index in [9.17, 15) is 19.3 Å². The van der Waals surface area contributed by atoms with Crippen LogP contribution in [0, 0.1) is 22.9 Å². The first kappa shape index (κ1) is 12.7. The van der Waals surface area contributed by atoms with Gasteiger partial charge in [0.1, 0.15) is 11.5 Å². The largest absolute Gasteiger partial charge is 0.351 e. The van der Waals surface area contributed by atoms with E-state index in [0.717, 1.165) is 17.8 Å². The number of aryl methyl sites for hydroxylation is 1. The number of amides is 1. The molecule has 0 unspecified atom stereocenters. The normalized spacial score (nSPS) is 10.2. The number of anilines is 1. The van der Waals surface area contributed by atoms with E-state index in [1.807, 2.05) is 0 Å². The van der Waals surface area contributed by atoms with Gasteiger partial charge in [-0.2, -0.15) is 0 Å². The van der Waals surface area contributed by atoms with Crippen molar-refractivity contribution in [2.45, 2.75) is 6.92 Å². The van der Waals surface area contributed by atoms with Crippen LogP contribution in [0.5, 0.6) is 0 Å². The summed E-state index contributed by atoms with van der Waals surface area (Å²) >= 11 is 0. The maximum atomic E-state index is 13.5. The number of hydrogen-bond acceptors (Lipinski definition) is 3. The number of nitrogens with one attached hydrogen (secondary N) is 2. The van der Waals surface area contributed by atoms with Crippen molar-refractivity contribution in [1.29, 1.82) is 0 Å². The molecule has 1 aromatic heterocycles. The highest BCUT2D eigenvalue weighted by atomic mass is 19.1. The fourth-order valence-corrected chi connectivity index (χ4v) is 1.53. The molecular formula is C12H10FN3O3. The van der Waals surface area contributed by atoms with Crippen molar-refractivity contribution < 1.29 is 14.1 Å². The molecule has 1 aromatic carbocycles. The lowest BCUT2D eigenvalue weighted by Gasteiger charge is -2.05. The molecule has 0 saturated carbocycles. The van der Waals surface area contributed by atoms with Crippen LogP contribution in [-0.2, 0) is 0 Å². The van der Waals surface area contributed by atoms with E-state index >= 15 is 0 Å². The van der Waals surface area contributed by atoms with E-state index in [1.165, 1.54) is 12.1 Å². The highest BCUT2D eigenvalue weighted by molar-refractivity contribution is 6.03. The minimum Gasteiger partial charge on any atom is -0.351 e. The molecule has 0 atom stereocenters. The van der Waals surface area contributed by atoms with Gasteiger partial charge in [-0.3, -0.25) is 14.9 Å². The van der Waals surface area contributed by atoms with Gasteiger partial charge < -0.3 is 10.3 Å². The Morgan fingerprint density at radius 2 is 2.16 bits per heavy atom. The minimum absolute atomic E-state index is 0.00771. The van der Waals surface area contributed by atoms with Gasteiger partial charge in [0.25, 0.3) is 11.6 Å². The van der Waals surface area contributed by atoms with Crippen LogP contribution >= 0.6 is 0 Å². The average molecular weight is 263 g/mol. The van der Waals surface area contributed by atoms with Crippen molar-refractivity contribution in [3.63, 3.8) is 0 Å². The van der Waals surface area contributed by atoms with Gasteiger partial charge in [-0.25, -0.2) is 4.39 Å². The minimum atomic E-state index is -0.643. The predicted octanol–water partition coefficient (Wildman–Crippen LogP) is 2.62. The number of benzene rings is 1. The average Bonchev–Trinajstić information content (AvgIpc) is 2.82. The van der Waals surface area contributed by atoms with Gasteiger partial charge in [0.2, 0.25) is 0 Å². The molecule has 0 aliphatic rings. The van der Waals surface area contributed by atoms with E-state index < -0.39 is 16.6 Å². The number of rotatable bonds is 3. The lowest BCUT2D eigenvalue weighted by molar-refractivity contribution is -0.384. The van der Waals surface area contributed by atoms with Gasteiger partial charge in [0.05, 0.1) is 16.8 Å². The third-order valence-corrected chi connectivity index (χ3v) is 2.50. The van der Waals surface area contributed by atoms with Crippen LogP contribution in [0.1, 0.15) is 16.1 Å². The number of nitrogens with zero attached hydrogens (tertiary/aromatic N) is 1. The van der Waals surface area contributed by atoms with Gasteiger partial charge in [-0.05, 0) is 24.6 Å². The van der Waals surface area contributed by atoms with Crippen molar-refractivity contribution in [2.24, 2.45) is 0 Å². The van der Waals surface area contributed by atoms with Crippen molar-refractivity contribution in [2.75, 3.05) is 5.32 Å². The third-order valence-electron chi connectivity index (χ3n) is 2.50. The summed E-state index contributed by atoms with van der Waals surface area (Å²) in [6, 6.07) is 5.45. The summed E-state index contributed by atoms with van der Waals surface area (Å²) in [4.78, 5) is 24.1. The number of hydrogen-bond donors (Lipinski definition) is 2. The first-order chi connectivity index (χ1) is 8.97. The molecule has 0 fully saturated rings. The molecule has 0 aliphatic carbocycles. The summed E-state index contributed by atoms with van der Waals surface area (Å²) in [6.07, 6.45) is 1.10. The van der Waals surface area contributed by atoms with E-state index in [0.29, 0.717) is 0 Å². The van der Waals surface area contributed by atoms with Gasteiger partial charge in [-0.1, -0.05) is 6.07 Å². The molecule has 2 N–H and O–H groups in total. The Morgan fingerprint density at radius 3 is 2.74 bits per heavy atom. The van der Waals surface area contributed by atoms with Crippen LogP contribution in [0.2, 0.25) is 0 Å². The van der Waals surface area contributed by atoms with Crippen molar-refractivity contribution in [3.05, 3.63) is 57.7 Å². The van der Waals surface area contributed by atoms with E-state index in [4.69, 9.17) is 0 Å². The summed E-state index contributed by atoms with van der Waals surface area (Å²) in [5.41, 5.74) is 0.514. The molecule has 1 amide bonds. The second-order valence-corrected chi connectivity index (χ2v) is 3.97. The Bertz CT molecular complexity index is 651. The molecule has 0 spiro atoms. The Labute approximate surface area is 107 Å². The molecule has 6 nitrogen and oxygen atoms in total. The molecule has 0 saturated heterocycles. The fourth-order valence-electron chi connectivity index (χ4n) is 1.53. The van der Waals surface area contributed by atoms with Crippen LogP contribution in [-0.4, -0.2) is 15.8 Å². The number of halogens is 1. The molecule has 98 valence electrons. The molecule has 0 bridgehead atoms. The Balaban J connectivity index is 2.18. The Kier molecular flexibility index (Phi) is 3.28. The fraction of sp³-hybridized carbons (Fsp3) is 0.0833. The Hall–Kier alpha value is -2.70. The Morgan fingerprint density at radius 1 is 1.42 bits per heavy atom. The molecule has 7 heteroatoms. The lowest BCUT2D eigenvalue weighted by atomic mass is 10.2. The van der Waals surface area contributed by atoms with Gasteiger partial charge in [0.15, 0.2) is 0 Å². The van der Waals surface area contributed by atoms with Crippen molar-refractivity contribution in [1.82, 2.24) is 4.98 Å². The molecule has 0 radical (unpaired) electrons. The highest BCUT2D eigenvalue weighted by Gasteiger charge is 2.15. The molecule has 2 aromatic rings. The number of nitro groups is 1. The molecule has 1 heterocycles. The number of carbonyl (C=O) groups excluding carboxylic acids is 1. The monoisotopic (exact) mass is 263 g/mol. The molecular weight excluding hydrogens is 253 g/mol. The van der Waals surface area contributed by atoms with Crippen LogP contribution in [0.25, 0.3) is 0 Å². The lowest BCUT2D eigenvalue weighted by Crippen LogP contribution is -2.13. The van der Waals surface area contributed by atoms with Crippen LogP contribution in [0.3, 0.4) is 0 Å². The first-order valence-electron chi connectivity index (χ1n) is 5.37. The molecule has 0 aliphatic heterocycles. The zero-order valence-corrected chi connectivity index (χ0v) is 9.94. The second kappa shape index (κ2) is 4.89. The quantitative estimate of drug-likeness (QED) is 0.659. The molecule has 19 heavy (non-hydrogen) atoms. The number of carbonyl (C=O) groups is 1. The zero-order chi connectivity index (χ0) is 14.0. The van der Waals surface area contributed by atoms with Crippen LogP contribution in [0.4, 0.5) is 15.8 Å². The summed E-state index contributed by atoms with van der Waals surface area (Å²) < 4.78 is 13.5. The van der Waals surface area contributed by atoms with Gasteiger partial charge in [0, 0.05) is 6.07 Å². The van der Waals surface area contributed by atoms with E-state index in [1.54, 1.807) is 13.0 Å². The summed E-state index contributed by atoms with van der Waals surface area (Å²) in [5.74, 6) is -1.20. The highest BCUT2D eigenvalue weighted by Crippen LogP contribution is 2.17. The molecule has 2 rings (SSSR count). The van der Waals surface area contributed by atoms with Gasteiger partial charge in [-0.15, -0.1) is 0 Å². The van der Waals surface area contributed by atoms with Crippen molar-refractivity contribution >= 4 is 17.3 Å². The van der Waals surface area contributed by atoms with Gasteiger partial charge >= 0.3 is 0 Å². The topological polar surface area (TPSA) is 88.0 Å². The SMILES string of the molecule is Cc1ccc(NC(=O)c2cc([N+](=O)[O-])c[nH]2)c(F)c1. The zero-order valence-electron chi connectivity index (χ0n) is 9.94. The van der Waals surface area contributed by atoms with E-state index in [2.05, 4.69) is 10.3 Å². The smallest absolute Gasteiger partial charge is 0.287 e. The van der Waals surface area contributed by atoms with Crippen LogP contribution in [0.15, 0.2) is 30.5 Å². The summed E-state index contributed by atoms with van der Waals surface area (Å²) in [7, 11) is 0. The van der Waals surface area contributed by atoms with E-state index in [-0.39, 0.29) is 17.1 Å². The number of aromatic amines is 1. The third kappa shape index (κ3) is 2.76.